The molecule has 0 aliphatic rings. The maximum Gasteiger partial charge on any atom is 0.181 e. The molecule has 102 valence electrons. The van der Waals surface area contributed by atoms with Gasteiger partial charge in [-0.2, -0.15) is 0 Å². The van der Waals surface area contributed by atoms with Crippen molar-refractivity contribution in [2.75, 3.05) is 17.7 Å². The molecule has 2 N–H and O–H groups in total. The molecule has 1 aromatic heterocycles. The van der Waals surface area contributed by atoms with Crippen LogP contribution in [-0.4, -0.2) is 12.0 Å². The lowest BCUT2D eigenvalue weighted by atomic mass is 10.1. The van der Waals surface area contributed by atoms with Gasteiger partial charge in [-0.15, -0.1) is 0 Å². The van der Waals surface area contributed by atoms with Gasteiger partial charge in [-0.05, 0) is 42.3 Å². The Morgan fingerprint density at radius 3 is 2.90 bits per heavy atom. The van der Waals surface area contributed by atoms with Crippen molar-refractivity contribution in [3.8, 4) is 0 Å². The summed E-state index contributed by atoms with van der Waals surface area (Å²) < 4.78 is 5.33. The Balaban J connectivity index is 1.87. The van der Waals surface area contributed by atoms with Gasteiger partial charge in [-0.1, -0.05) is 12.1 Å². The number of anilines is 2. The van der Waals surface area contributed by atoms with Crippen LogP contribution in [0.15, 0.2) is 47.2 Å². The van der Waals surface area contributed by atoms with Crippen LogP contribution in [-0.2, 0) is 6.54 Å². The zero-order valence-corrected chi connectivity index (χ0v) is 11.6. The summed E-state index contributed by atoms with van der Waals surface area (Å²) in [5.74, 6) is 0. The van der Waals surface area contributed by atoms with Gasteiger partial charge in [0.1, 0.15) is 5.52 Å². The van der Waals surface area contributed by atoms with Crippen LogP contribution in [0, 0.1) is 6.92 Å². The first kappa shape index (κ1) is 12.5. The Hall–Kier alpha value is -2.49. The first-order chi connectivity index (χ1) is 9.63. The number of aryl methyl sites for hydroxylation is 1. The van der Waals surface area contributed by atoms with Gasteiger partial charge in [0, 0.05) is 13.6 Å². The van der Waals surface area contributed by atoms with E-state index in [0.29, 0.717) is 0 Å². The lowest BCUT2D eigenvalue weighted by Gasteiger charge is -2.21. The molecule has 2 aromatic carbocycles. The first-order valence-electron chi connectivity index (χ1n) is 6.53. The highest BCUT2D eigenvalue weighted by molar-refractivity contribution is 5.73. The largest absolute Gasteiger partial charge is 0.443 e. The van der Waals surface area contributed by atoms with Crippen LogP contribution in [0.2, 0.25) is 0 Å². The molecule has 0 saturated heterocycles. The average Bonchev–Trinajstić information content (AvgIpc) is 2.89. The molecule has 4 heteroatoms. The number of nitrogen functional groups attached to an aromatic ring is 1. The molecule has 0 radical (unpaired) electrons. The third-order valence-corrected chi connectivity index (χ3v) is 3.41. The van der Waals surface area contributed by atoms with Crippen LogP contribution in [0.5, 0.6) is 0 Å². The van der Waals surface area contributed by atoms with E-state index in [2.05, 4.69) is 28.9 Å². The predicted octanol–water partition coefficient (Wildman–Crippen LogP) is 3.35. The average molecular weight is 267 g/mol. The predicted molar refractivity (Wildman–Crippen MR) is 81.7 cm³/mol. The second kappa shape index (κ2) is 4.89. The van der Waals surface area contributed by atoms with Gasteiger partial charge in [0.15, 0.2) is 12.0 Å². The van der Waals surface area contributed by atoms with Gasteiger partial charge in [0.05, 0.1) is 11.4 Å². The van der Waals surface area contributed by atoms with E-state index in [1.165, 1.54) is 12.0 Å². The highest BCUT2D eigenvalue weighted by Gasteiger charge is 2.08. The molecule has 0 aliphatic heterocycles. The zero-order chi connectivity index (χ0) is 14.1. The van der Waals surface area contributed by atoms with Crippen molar-refractivity contribution in [2.24, 2.45) is 0 Å². The van der Waals surface area contributed by atoms with Crippen LogP contribution in [0.1, 0.15) is 11.1 Å². The van der Waals surface area contributed by atoms with Gasteiger partial charge in [0.25, 0.3) is 0 Å². The molecule has 0 amide bonds. The summed E-state index contributed by atoms with van der Waals surface area (Å²) in [5, 5.41) is 0. The van der Waals surface area contributed by atoms with Crippen molar-refractivity contribution in [1.29, 1.82) is 0 Å². The van der Waals surface area contributed by atoms with Crippen molar-refractivity contribution in [3.63, 3.8) is 0 Å². The molecule has 20 heavy (non-hydrogen) atoms. The van der Waals surface area contributed by atoms with Gasteiger partial charge < -0.3 is 15.1 Å². The Kier molecular flexibility index (Phi) is 3.06. The van der Waals surface area contributed by atoms with Gasteiger partial charge in [0.2, 0.25) is 0 Å². The lowest BCUT2D eigenvalue weighted by Crippen LogP contribution is -2.17. The minimum atomic E-state index is 0.768. The van der Waals surface area contributed by atoms with Crippen molar-refractivity contribution < 1.29 is 4.42 Å². The summed E-state index contributed by atoms with van der Waals surface area (Å²) in [6.45, 7) is 2.83. The maximum atomic E-state index is 6.05. The molecule has 0 atom stereocenters. The molecule has 0 saturated carbocycles. The van der Waals surface area contributed by atoms with E-state index in [-0.39, 0.29) is 0 Å². The molecule has 0 fully saturated rings. The van der Waals surface area contributed by atoms with Gasteiger partial charge >= 0.3 is 0 Å². The van der Waals surface area contributed by atoms with Crippen molar-refractivity contribution in [2.45, 2.75) is 13.5 Å². The van der Waals surface area contributed by atoms with Crippen molar-refractivity contribution in [1.82, 2.24) is 4.98 Å². The number of hydrogen-bond donors (Lipinski definition) is 1. The SMILES string of the molecule is Cc1ccc(N)c(N(C)Cc2ccc3ncoc3c2)c1. The molecule has 0 unspecified atom stereocenters. The number of rotatable bonds is 3. The molecular formula is C16H17N3O. The summed E-state index contributed by atoms with van der Waals surface area (Å²) in [7, 11) is 2.04. The molecule has 0 aliphatic carbocycles. The summed E-state index contributed by atoms with van der Waals surface area (Å²) in [6, 6.07) is 12.1. The van der Waals surface area contributed by atoms with E-state index in [4.69, 9.17) is 10.2 Å². The maximum absolute atomic E-state index is 6.05. The number of hydrogen-bond acceptors (Lipinski definition) is 4. The molecular weight excluding hydrogens is 250 g/mol. The minimum absolute atomic E-state index is 0.768. The first-order valence-corrected chi connectivity index (χ1v) is 6.53. The fourth-order valence-corrected chi connectivity index (χ4v) is 2.34. The number of nitrogens with two attached hydrogens (primary N) is 1. The van der Waals surface area contributed by atoms with E-state index in [1.807, 2.05) is 31.3 Å². The van der Waals surface area contributed by atoms with Crippen LogP contribution in [0.25, 0.3) is 11.1 Å². The minimum Gasteiger partial charge on any atom is -0.443 e. The summed E-state index contributed by atoms with van der Waals surface area (Å²) in [6.07, 6.45) is 1.47. The molecule has 0 spiro atoms. The van der Waals surface area contributed by atoms with Crippen LogP contribution >= 0.6 is 0 Å². The molecule has 1 heterocycles. The second-order valence-electron chi connectivity index (χ2n) is 5.07. The lowest BCUT2D eigenvalue weighted by molar-refractivity contribution is 0.601. The normalized spacial score (nSPS) is 10.9. The highest BCUT2D eigenvalue weighted by atomic mass is 16.3. The van der Waals surface area contributed by atoms with E-state index < -0.39 is 0 Å². The summed E-state index contributed by atoms with van der Waals surface area (Å²) in [4.78, 5) is 6.26. The Morgan fingerprint density at radius 2 is 2.05 bits per heavy atom. The standard InChI is InChI=1S/C16H17N3O/c1-11-3-5-13(17)15(7-11)19(2)9-12-4-6-14-16(8-12)20-10-18-14/h3-8,10H,9,17H2,1-2H3. The second-order valence-corrected chi connectivity index (χ2v) is 5.07. The third-order valence-electron chi connectivity index (χ3n) is 3.41. The fraction of sp³-hybridized carbons (Fsp3) is 0.188. The number of benzene rings is 2. The number of fused-ring (bicyclic) bond motifs is 1. The van der Waals surface area contributed by atoms with Crippen LogP contribution in [0.4, 0.5) is 11.4 Å². The van der Waals surface area contributed by atoms with Crippen molar-refractivity contribution in [3.05, 3.63) is 53.9 Å². The molecule has 0 bridgehead atoms. The number of nitrogens with zero attached hydrogens (tertiary/aromatic N) is 2. The molecule has 3 aromatic rings. The van der Waals surface area contributed by atoms with E-state index in [0.717, 1.165) is 34.6 Å². The molecule has 3 rings (SSSR count). The Labute approximate surface area is 117 Å². The molecule has 4 nitrogen and oxygen atoms in total. The summed E-state index contributed by atoms with van der Waals surface area (Å²) in [5.41, 5.74) is 11.9. The zero-order valence-electron chi connectivity index (χ0n) is 11.6. The highest BCUT2D eigenvalue weighted by Crippen LogP contribution is 2.25. The van der Waals surface area contributed by atoms with E-state index >= 15 is 0 Å². The monoisotopic (exact) mass is 267 g/mol. The number of oxazole rings is 1. The fourth-order valence-electron chi connectivity index (χ4n) is 2.34. The van der Waals surface area contributed by atoms with Gasteiger partial charge in [-0.3, -0.25) is 0 Å². The number of aromatic nitrogens is 1. The Morgan fingerprint density at radius 1 is 1.20 bits per heavy atom. The van der Waals surface area contributed by atoms with Crippen LogP contribution < -0.4 is 10.6 Å². The van der Waals surface area contributed by atoms with E-state index in [9.17, 15) is 0 Å². The summed E-state index contributed by atoms with van der Waals surface area (Å²) >= 11 is 0. The Bertz CT molecular complexity index is 748. The smallest absolute Gasteiger partial charge is 0.181 e. The third kappa shape index (κ3) is 2.32. The van der Waals surface area contributed by atoms with Crippen molar-refractivity contribution >= 4 is 22.5 Å². The van der Waals surface area contributed by atoms with Crippen LogP contribution in [0.3, 0.4) is 0 Å². The topological polar surface area (TPSA) is 55.3 Å². The quantitative estimate of drug-likeness (QED) is 0.739. The van der Waals surface area contributed by atoms with Gasteiger partial charge in [-0.25, -0.2) is 4.98 Å². The van der Waals surface area contributed by atoms with E-state index in [1.54, 1.807) is 0 Å².